The van der Waals surface area contributed by atoms with Gasteiger partial charge in [-0.2, -0.15) is 0 Å². The van der Waals surface area contributed by atoms with E-state index in [-0.39, 0.29) is 12.5 Å². The van der Waals surface area contributed by atoms with Crippen LogP contribution in [0.25, 0.3) is 0 Å². The zero-order valence-electron chi connectivity index (χ0n) is 11.8. The lowest BCUT2D eigenvalue weighted by Crippen LogP contribution is -2.43. The van der Waals surface area contributed by atoms with Crippen LogP contribution in [0.3, 0.4) is 0 Å². The smallest absolute Gasteiger partial charge is 0.260 e. The molecule has 4 nitrogen and oxygen atoms in total. The van der Waals surface area contributed by atoms with E-state index in [1.54, 1.807) is 0 Å². The number of nitrogens with zero attached hydrogens (tertiary/aromatic N) is 1. The van der Waals surface area contributed by atoms with Gasteiger partial charge in [0.2, 0.25) is 0 Å². The lowest BCUT2D eigenvalue weighted by atomic mass is 9.91. The Hall–Kier alpha value is -1.55. The second kappa shape index (κ2) is 6.27. The van der Waals surface area contributed by atoms with Crippen molar-refractivity contribution in [3.05, 3.63) is 29.3 Å². The van der Waals surface area contributed by atoms with Crippen molar-refractivity contribution in [2.45, 2.75) is 25.7 Å². The Morgan fingerprint density at radius 1 is 1.20 bits per heavy atom. The maximum Gasteiger partial charge on any atom is 0.260 e. The predicted molar refractivity (Wildman–Crippen MR) is 76.0 cm³/mol. The van der Waals surface area contributed by atoms with E-state index in [2.05, 4.69) is 6.07 Å². The van der Waals surface area contributed by atoms with E-state index in [9.17, 15) is 4.79 Å². The Morgan fingerprint density at radius 2 is 2.00 bits per heavy atom. The number of carbonyl (C=O) groups is 1. The third kappa shape index (κ3) is 2.96. The molecule has 0 aromatic heterocycles. The van der Waals surface area contributed by atoms with Gasteiger partial charge in [-0.05, 0) is 42.9 Å². The Bertz CT molecular complexity index is 481. The van der Waals surface area contributed by atoms with Crippen LogP contribution in [0.2, 0.25) is 0 Å². The van der Waals surface area contributed by atoms with E-state index in [0.717, 1.165) is 18.6 Å². The van der Waals surface area contributed by atoms with E-state index in [4.69, 9.17) is 9.47 Å². The van der Waals surface area contributed by atoms with Crippen LogP contribution in [-0.2, 0) is 22.4 Å². The van der Waals surface area contributed by atoms with E-state index in [1.807, 2.05) is 17.0 Å². The van der Waals surface area contributed by atoms with Crippen molar-refractivity contribution >= 4 is 5.91 Å². The molecule has 0 spiro atoms. The SMILES string of the molecule is O=C(COc1cccc2c1CCCC2)N1CCOCC1. The fourth-order valence-electron chi connectivity index (χ4n) is 2.93. The van der Waals surface area contributed by atoms with E-state index < -0.39 is 0 Å². The Morgan fingerprint density at radius 3 is 2.85 bits per heavy atom. The van der Waals surface area contributed by atoms with Crippen molar-refractivity contribution < 1.29 is 14.3 Å². The molecule has 1 aliphatic carbocycles. The van der Waals surface area contributed by atoms with Crippen molar-refractivity contribution in [3.63, 3.8) is 0 Å². The average molecular weight is 275 g/mol. The number of aryl methyl sites for hydroxylation is 1. The summed E-state index contributed by atoms with van der Waals surface area (Å²) in [7, 11) is 0. The first-order chi connectivity index (χ1) is 9.84. The summed E-state index contributed by atoms with van der Waals surface area (Å²) in [5, 5.41) is 0. The molecule has 1 fully saturated rings. The summed E-state index contributed by atoms with van der Waals surface area (Å²) in [6.45, 7) is 2.75. The second-order valence-corrected chi connectivity index (χ2v) is 5.38. The van der Waals surface area contributed by atoms with Crippen LogP contribution in [0.1, 0.15) is 24.0 Å². The number of morpholine rings is 1. The minimum Gasteiger partial charge on any atom is -0.483 e. The minimum atomic E-state index is 0.0571. The van der Waals surface area contributed by atoms with Gasteiger partial charge in [0.05, 0.1) is 13.2 Å². The maximum absolute atomic E-state index is 12.1. The van der Waals surface area contributed by atoms with Crippen molar-refractivity contribution in [3.8, 4) is 5.75 Å². The molecular formula is C16H21NO3. The molecule has 4 heteroatoms. The molecule has 0 saturated carbocycles. The molecule has 2 aliphatic rings. The fourth-order valence-corrected chi connectivity index (χ4v) is 2.93. The molecule has 1 heterocycles. The van der Waals surface area contributed by atoms with Crippen LogP contribution in [0.5, 0.6) is 5.75 Å². The van der Waals surface area contributed by atoms with Crippen molar-refractivity contribution in [1.82, 2.24) is 4.90 Å². The van der Waals surface area contributed by atoms with Crippen LogP contribution >= 0.6 is 0 Å². The molecule has 1 aromatic rings. The highest BCUT2D eigenvalue weighted by molar-refractivity contribution is 5.77. The summed E-state index contributed by atoms with van der Waals surface area (Å²) in [4.78, 5) is 13.9. The van der Waals surface area contributed by atoms with E-state index in [0.29, 0.717) is 26.3 Å². The minimum absolute atomic E-state index is 0.0571. The number of hydrogen-bond acceptors (Lipinski definition) is 3. The first-order valence-corrected chi connectivity index (χ1v) is 7.44. The van der Waals surface area contributed by atoms with Gasteiger partial charge in [-0.3, -0.25) is 4.79 Å². The normalized spacial score (nSPS) is 18.5. The van der Waals surface area contributed by atoms with Gasteiger partial charge in [-0.25, -0.2) is 0 Å². The molecule has 108 valence electrons. The number of rotatable bonds is 3. The van der Waals surface area contributed by atoms with Crippen molar-refractivity contribution in [2.75, 3.05) is 32.9 Å². The molecule has 1 aliphatic heterocycles. The van der Waals surface area contributed by atoms with Gasteiger partial charge < -0.3 is 14.4 Å². The summed E-state index contributed by atoms with van der Waals surface area (Å²) < 4.78 is 11.0. The summed E-state index contributed by atoms with van der Waals surface area (Å²) in [6, 6.07) is 6.18. The molecule has 1 saturated heterocycles. The quantitative estimate of drug-likeness (QED) is 0.844. The van der Waals surface area contributed by atoms with E-state index >= 15 is 0 Å². The number of amides is 1. The third-order valence-electron chi connectivity index (χ3n) is 4.07. The highest BCUT2D eigenvalue weighted by Gasteiger charge is 2.19. The molecule has 0 unspecified atom stereocenters. The summed E-state index contributed by atoms with van der Waals surface area (Å²) >= 11 is 0. The number of ether oxygens (including phenoxy) is 2. The van der Waals surface area contributed by atoms with Gasteiger partial charge in [0.15, 0.2) is 6.61 Å². The molecule has 3 rings (SSSR count). The number of carbonyl (C=O) groups excluding carboxylic acids is 1. The molecule has 0 atom stereocenters. The molecule has 0 radical (unpaired) electrons. The summed E-state index contributed by atoms with van der Waals surface area (Å²) in [5.41, 5.74) is 2.68. The van der Waals surface area contributed by atoms with E-state index in [1.165, 1.54) is 24.0 Å². The topological polar surface area (TPSA) is 38.8 Å². The zero-order chi connectivity index (χ0) is 13.8. The van der Waals surface area contributed by atoms with Crippen molar-refractivity contribution in [2.24, 2.45) is 0 Å². The predicted octanol–water partition coefficient (Wildman–Crippen LogP) is 1.80. The summed E-state index contributed by atoms with van der Waals surface area (Å²) in [5.74, 6) is 0.950. The van der Waals surface area contributed by atoms with Gasteiger partial charge in [-0.15, -0.1) is 0 Å². The molecular weight excluding hydrogens is 254 g/mol. The fraction of sp³-hybridized carbons (Fsp3) is 0.562. The number of hydrogen-bond donors (Lipinski definition) is 0. The standard InChI is InChI=1S/C16H21NO3/c18-16(17-8-10-19-11-9-17)12-20-15-7-3-5-13-4-1-2-6-14(13)15/h3,5,7H,1-2,4,6,8-12H2. The Kier molecular flexibility index (Phi) is 4.21. The molecule has 0 bridgehead atoms. The van der Waals surface area contributed by atoms with Gasteiger partial charge in [0.1, 0.15) is 5.75 Å². The van der Waals surface area contributed by atoms with Gasteiger partial charge in [0.25, 0.3) is 5.91 Å². The van der Waals surface area contributed by atoms with Crippen LogP contribution in [-0.4, -0.2) is 43.7 Å². The highest BCUT2D eigenvalue weighted by atomic mass is 16.5. The average Bonchev–Trinajstić information content (AvgIpc) is 2.53. The van der Waals surface area contributed by atoms with Crippen LogP contribution in [0.4, 0.5) is 0 Å². The van der Waals surface area contributed by atoms with Crippen LogP contribution in [0.15, 0.2) is 18.2 Å². The monoisotopic (exact) mass is 275 g/mol. The first-order valence-electron chi connectivity index (χ1n) is 7.44. The molecule has 1 aromatic carbocycles. The third-order valence-corrected chi connectivity index (χ3v) is 4.07. The zero-order valence-corrected chi connectivity index (χ0v) is 11.8. The number of benzene rings is 1. The lowest BCUT2D eigenvalue weighted by molar-refractivity contribution is -0.137. The highest BCUT2D eigenvalue weighted by Crippen LogP contribution is 2.29. The number of fused-ring (bicyclic) bond motifs is 1. The van der Waals surface area contributed by atoms with Gasteiger partial charge >= 0.3 is 0 Å². The van der Waals surface area contributed by atoms with Gasteiger partial charge in [0, 0.05) is 13.1 Å². The van der Waals surface area contributed by atoms with Crippen molar-refractivity contribution in [1.29, 1.82) is 0 Å². The molecule has 1 amide bonds. The van der Waals surface area contributed by atoms with Crippen LogP contribution < -0.4 is 4.74 Å². The maximum atomic E-state index is 12.1. The van der Waals surface area contributed by atoms with Gasteiger partial charge in [-0.1, -0.05) is 12.1 Å². The largest absolute Gasteiger partial charge is 0.483 e. The van der Waals surface area contributed by atoms with Crippen LogP contribution in [0, 0.1) is 0 Å². The second-order valence-electron chi connectivity index (χ2n) is 5.38. The summed E-state index contributed by atoms with van der Waals surface area (Å²) in [6.07, 6.45) is 4.66. The lowest BCUT2D eigenvalue weighted by Gasteiger charge is -2.27. The molecule has 20 heavy (non-hydrogen) atoms. The first kappa shape index (κ1) is 13.4. The Labute approximate surface area is 119 Å². The molecule has 0 N–H and O–H groups in total. The Balaban J connectivity index is 1.62.